The molecule has 3 aromatic rings. The topological polar surface area (TPSA) is 43.4 Å². The van der Waals surface area contributed by atoms with E-state index in [9.17, 15) is 4.39 Å². The Hall–Kier alpha value is -2.63. The second-order valence-electron chi connectivity index (χ2n) is 6.18. The number of rotatable bonds is 10. The van der Waals surface area contributed by atoms with Crippen LogP contribution in [0.1, 0.15) is 17.5 Å². The summed E-state index contributed by atoms with van der Waals surface area (Å²) in [7, 11) is 0. The van der Waals surface area contributed by atoms with Crippen molar-refractivity contribution in [3.8, 4) is 11.6 Å². The Morgan fingerprint density at radius 1 is 0.964 bits per heavy atom. The molecular formula is C22H22ClFN2O2. The highest BCUT2D eigenvalue weighted by molar-refractivity contribution is 6.31. The summed E-state index contributed by atoms with van der Waals surface area (Å²) in [5, 5.41) is 3.74. The Bertz CT molecular complexity index is 840. The lowest BCUT2D eigenvalue weighted by atomic mass is 10.2. The quantitative estimate of drug-likeness (QED) is 0.486. The predicted octanol–water partition coefficient (Wildman–Crippen LogP) is 5.01. The summed E-state index contributed by atoms with van der Waals surface area (Å²) in [6.07, 6.45) is 2.60. The molecule has 0 atom stereocenters. The Kier molecular flexibility index (Phi) is 7.64. The summed E-state index contributed by atoms with van der Waals surface area (Å²) in [5.41, 5.74) is 1.50. The smallest absolute Gasteiger partial charge is 0.213 e. The summed E-state index contributed by atoms with van der Waals surface area (Å²) in [6, 6.07) is 17.9. The van der Waals surface area contributed by atoms with Crippen LogP contribution >= 0.6 is 11.6 Å². The fourth-order valence-corrected chi connectivity index (χ4v) is 2.79. The Balaban J connectivity index is 1.35. The van der Waals surface area contributed by atoms with Crippen LogP contribution in [0.3, 0.4) is 0 Å². The Morgan fingerprint density at radius 2 is 1.82 bits per heavy atom. The molecule has 1 heterocycles. The standard InChI is InChI=1S/C22H22ClFN2O2/c23-20-5-3-6-21(24)19(20)16-28-18-10-8-17(9-11-18)15-25-12-4-14-27-22-7-1-2-13-26-22/h1-3,5-11,13,25H,4,12,14-16H2. The van der Waals surface area contributed by atoms with Gasteiger partial charge in [-0.25, -0.2) is 9.37 Å². The number of halogens is 2. The molecule has 1 N–H and O–H groups in total. The molecule has 3 rings (SSSR count). The number of hydrogen-bond acceptors (Lipinski definition) is 4. The lowest BCUT2D eigenvalue weighted by molar-refractivity contribution is 0.296. The second-order valence-corrected chi connectivity index (χ2v) is 6.59. The van der Waals surface area contributed by atoms with Gasteiger partial charge in [-0.2, -0.15) is 0 Å². The van der Waals surface area contributed by atoms with Gasteiger partial charge in [0.05, 0.1) is 11.6 Å². The van der Waals surface area contributed by atoms with Gasteiger partial charge in [-0.15, -0.1) is 0 Å². The first kappa shape index (κ1) is 20.1. The molecule has 0 saturated heterocycles. The van der Waals surface area contributed by atoms with Crippen LogP contribution in [0.2, 0.25) is 5.02 Å². The van der Waals surface area contributed by atoms with Crippen LogP contribution in [0.25, 0.3) is 0 Å². The number of hydrogen-bond donors (Lipinski definition) is 1. The number of nitrogens with one attached hydrogen (secondary N) is 1. The minimum Gasteiger partial charge on any atom is -0.489 e. The van der Waals surface area contributed by atoms with Crippen LogP contribution in [-0.2, 0) is 13.2 Å². The monoisotopic (exact) mass is 400 g/mol. The minimum absolute atomic E-state index is 0.0966. The van der Waals surface area contributed by atoms with Crippen molar-refractivity contribution >= 4 is 11.6 Å². The zero-order chi connectivity index (χ0) is 19.6. The first-order chi connectivity index (χ1) is 13.7. The predicted molar refractivity (Wildman–Crippen MR) is 108 cm³/mol. The zero-order valence-corrected chi connectivity index (χ0v) is 16.2. The van der Waals surface area contributed by atoms with Crippen molar-refractivity contribution in [2.45, 2.75) is 19.6 Å². The van der Waals surface area contributed by atoms with Crippen LogP contribution in [0.4, 0.5) is 4.39 Å². The number of pyridine rings is 1. The average molecular weight is 401 g/mol. The zero-order valence-electron chi connectivity index (χ0n) is 15.4. The van der Waals surface area contributed by atoms with Gasteiger partial charge in [0.2, 0.25) is 5.88 Å². The van der Waals surface area contributed by atoms with E-state index in [-0.39, 0.29) is 12.4 Å². The number of aromatic nitrogens is 1. The molecular weight excluding hydrogens is 379 g/mol. The van der Waals surface area contributed by atoms with Crippen molar-refractivity contribution in [1.82, 2.24) is 10.3 Å². The first-order valence-corrected chi connectivity index (χ1v) is 9.49. The second kappa shape index (κ2) is 10.6. The molecule has 0 amide bonds. The molecule has 0 saturated carbocycles. The molecule has 0 aliphatic rings. The maximum Gasteiger partial charge on any atom is 0.213 e. The van der Waals surface area contributed by atoms with Gasteiger partial charge in [0, 0.05) is 24.4 Å². The van der Waals surface area contributed by atoms with Crippen molar-refractivity contribution in [1.29, 1.82) is 0 Å². The molecule has 6 heteroatoms. The van der Waals surface area contributed by atoms with Gasteiger partial charge in [-0.05, 0) is 48.9 Å². The van der Waals surface area contributed by atoms with Gasteiger partial charge in [0.15, 0.2) is 0 Å². The van der Waals surface area contributed by atoms with E-state index < -0.39 is 0 Å². The summed E-state index contributed by atoms with van der Waals surface area (Å²) in [6.45, 7) is 2.31. The molecule has 0 aliphatic heterocycles. The normalized spacial score (nSPS) is 10.6. The lowest BCUT2D eigenvalue weighted by Crippen LogP contribution is -2.17. The van der Waals surface area contributed by atoms with Gasteiger partial charge in [0.25, 0.3) is 0 Å². The highest BCUT2D eigenvalue weighted by Gasteiger charge is 2.07. The first-order valence-electron chi connectivity index (χ1n) is 9.11. The summed E-state index contributed by atoms with van der Waals surface area (Å²) in [5.74, 6) is 0.960. The maximum absolute atomic E-state index is 13.8. The molecule has 146 valence electrons. The molecule has 0 bridgehead atoms. The van der Waals surface area contributed by atoms with E-state index in [4.69, 9.17) is 21.1 Å². The third-order valence-electron chi connectivity index (χ3n) is 4.08. The van der Waals surface area contributed by atoms with Crippen LogP contribution in [0.15, 0.2) is 66.9 Å². The molecule has 28 heavy (non-hydrogen) atoms. The van der Waals surface area contributed by atoms with Gasteiger partial charge >= 0.3 is 0 Å². The average Bonchev–Trinajstić information content (AvgIpc) is 2.72. The van der Waals surface area contributed by atoms with E-state index in [1.165, 1.54) is 6.07 Å². The van der Waals surface area contributed by atoms with E-state index in [1.54, 1.807) is 18.3 Å². The fraction of sp³-hybridized carbons (Fsp3) is 0.227. The van der Waals surface area contributed by atoms with Crippen molar-refractivity contribution in [3.05, 3.63) is 88.8 Å². The van der Waals surface area contributed by atoms with Crippen molar-refractivity contribution < 1.29 is 13.9 Å². The third kappa shape index (κ3) is 6.22. The molecule has 0 unspecified atom stereocenters. The SMILES string of the molecule is Fc1cccc(Cl)c1COc1ccc(CNCCCOc2ccccn2)cc1. The third-order valence-corrected chi connectivity index (χ3v) is 4.44. The van der Waals surface area contributed by atoms with Gasteiger partial charge in [0.1, 0.15) is 18.2 Å². The van der Waals surface area contributed by atoms with Crippen LogP contribution in [0.5, 0.6) is 11.6 Å². The number of ether oxygens (including phenoxy) is 2. The summed E-state index contributed by atoms with van der Waals surface area (Å²) < 4.78 is 24.9. The fourth-order valence-electron chi connectivity index (χ4n) is 2.57. The van der Waals surface area contributed by atoms with Crippen LogP contribution < -0.4 is 14.8 Å². The number of benzene rings is 2. The molecule has 2 aromatic carbocycles. The largest absolute Gasteiger partial charge is 0.489 e. The molecule has 1 aromatic heterocycles. The van der Waals surface area contributed by atoms with E-state index in [0.29, 0.717) is 28.8 Å². The summed E-state index contributed by atoms with van der Waals surface area (Å²) in [4.78, 5) is 4.11. The van der Waals surface area contributed by atoms with Crippen molar-refractivity contribution in [3.63, 3.8) is 0 Å². The van der Waals surface area contributed by atoms with Gasteiger partial charge in [-0.1, -0.05) is 35.9 Å². The summed E-state index contributed by atoms with van der Waals surface area (Å²) >= 11 is 6.01. The van der Waals surface area contributed by atoms with E-state index in [2.05, 4.69) is 10.3 Å². The Morgan fingerprint density at radius 3 is 2.57 bits per heavy atom. The van der Waals surface area contributed by atoms with Gasteiger partial charge < -0.3 is 14.8 Å². The molecule has 0 fully saturated rings. The van der Waals surface area contributed by atoms with Crippen LogP contribution in [-0.4, -0.2) is 18.1 Å². The molecule has 0 aliphatic carbocycles. The Labute approximate surface area is 169 Å². The van der Waals surface area contributed by atoms with Crippen molar-refractivity contribution in [2.75, 3.05) is 13.2 Å². The van der Waals surface area contributed by atoms with Gasteiger partial charge in [-0.3, -0.25) is 0 Å². The lowest BCUT2D eigenvalue weighted by Gasteiger charge is -2.10. The minimum atomic E-state index is -0.361. The van der Waals surface area contributed by atoms with Crippen molar-refractivity contribution in [2.24, 2.45) is 0 Å². The highest BCUT2D eigenvalue weighted by Crippen LogP contribution is 2.21. The molecule has 0 spiro atoms. The molecule has 0 radical (unpaired) electrons. The number of nitrogens with zero attached hydrogens (tertiary/aromatic N) is 1. The molecule has 4 nitrogen and oxygen atoms in total. The van der Waals surface area contributed by atoms with Crippen LogP contribution in [0, 0.1) is 5.82 Å². The maximum atomic E-state index is 13.8. The van der Waals surface area contributed by atoms with E-state index in [1.807, 2.05) is 42.5 Å². The van der Waals surface area contributed by atoms with E-state index in [0.717, 1.165) is 25.1 Å². The van der Waals surface area contributed by atoms with E-state index >= 15 is 0 Å². The highest BCUT2D eigenvalue weighted by atomic mass is 35.5.